The molecule has 3 N–H and O–H groups in total. The number of hydrogen-bond acceptors (Lipinski definition) is 4. The van der Waals surface area contributed by atoms with Crippen LogP contribution in [0.1, 0.15) is 35.1 Å². The van der Waals surface area contributed by atoms with E-state index in [-0.39, 0.29) is 25.5 Å². The lowest BCUT2D eigenvalue weighted by molar-refractivity contribution is 0.0137. The Hall–Kier alpha value is -2.38. The molecule has 0 heterocycles. The van der Waals surface area contributed by atoms with E-state index in [0.29, 0.717) is 10.6 Å². The molecule has 32 heavy (non-hydrogen) atoms. The average Bonchev–Trinajstić information content (AvgIpc) is 3.12. The molecule has 2 unspecified atom stereocenters. The van der Waals surface area contributed by atoms with Crippen LogP contribution < -0.4 is 5.32 Å². The Balaban J connectivity index is 1.29. The molecule has 1 aliphatic carbocycles. The molecule has 3 aromatic carbocycles. The van der Waals surface area contributed by atoms with E-state index in [9.17, 15) is 15.0 Å². The number of nitrogens with one attached hydrogen (secondary N) is 1. The smallest absolute Gasteiger partial charge is 0.407 e. The highest BCUT2D eigenvalue weighted by Gasteiger charge is 2.29. The maximum atomic E-state index is 12.2. The van der Waals surface area contributed by atoms with Crippen LogP contribution in [0.5, 0.6) is 0 Å². The van der Waals surface area contributed by atoms with E-state index in [4.69, 9.17) is 16.3 Å². The fraction of sp³-hybridized carbons (Fsp3) is 0.240. The summed E-state index contributed by atoms with van der Waals surface area (Å²) in [5, 5.41) is 23.7. The molecule has 0 spiro atoms. The first-order valence-electron chi connectivity index (χ1n) is 10.4. The number of benzene rings is 3. The standard InChI is InChI=1S/C25H23BrClNO4/c26-15-9-10-22(27)20(13-15)24(30)23(29)11-12-28-25(31)32-14-21-18-7-3-1-5-16(18)17-6-2-4-8-19(17)21/h1-10,13,21,23-24,29-30H,11-12,14H2,(H,28,31). The van der Waals surface area contributed by atoms with E-state index >= 15 is 0 Å². The Morgan fingerprint density at radius 2 is 1.66 bits per heavy atom. The fourth-order valence-corrected chi connectivity index (χ4v) is 4.69. The number of rotatable bonds is 7. The molecule has 1 amide bonds. The van der Waals surface area contributed by atoms with Gasteiger partial charge in [-0.05, 0) is 46.9 Å². The van der Waals surface area contributed by atoms with Crippen molar-refractivity contribution < 1.29 is 19.7 Å². The maximum absolute atomic E-state index is 12.2. The number of alkyl carbamates (subject to hydrolysis) is 1. The number of ether oxygens (including phenoxy) is 1. The summed E-state index contributed by atoms with van der Waals surface area (Å²) in [6.07, 6.45) is -2.66. The number of fused-ring (bicyclic) bond motifs is 3. The molecule has 2 atom stereocenters. The Labute approximate surface area is 200 Å². The van der Waals surface area contributed by atoms with Crippen LogP contribution in [0.3, 0.4) is 0 Å². The number of aliphatic hydroxyl groups excluding tert-OH is 2. The van der Waals surface area contributed by atoms with E-state index < -0.39 is 18.3 Å². The number of carbonyl (C=O) groups excluding carboxylic acids is 1. The van der Waals surface area contributed by atoms with E-state index in [0.717, 1.165) is 15.6 Å². The van der Waals surface area contributed by atoms with Crippen LogP contribution in [-0.2, 0) is 4.74 Å². The molecule has 0 radical (unpaired) electrons. The first kappa shape index (κ1) is 22.8. The minimum Gasteiger partial charge on any atom is -0.449 e. The molecule has 3 aromatic rings. The molecule has 0 saturated heterocycles. The lowest BCUT2D eigenvalue weighted by Crippen LogP contribution is -2.30. The van der Waals surface area contributed by atoms with E-state index in [1.807, 2.05) is 24.3 Å². The molecular formula is C25H23BrClNO4. The zero-order chi connectivity index (χ0) is 22.7. The molecule has 5 nitrogen and oxygen atoms in total. The predicted molar refractivity (Wildman–Crippen MR) is 128 cm³/mol. The molecule has 4 rings (SSSR count). The van der Waals surface area contributed by atoms with E-state index in [1.54, 1.807) is 18.2 Å². The van der Waals surface area contributed by atoms with Crippen molar-refractivity contribution in [3.05, 3.63) is 92.9 Å². The van der Waals surface area contributed by atoms with Gasteiger partial charge in [0.15, 0.2) is 0 Å². The van der Waals surface area contributed by atoms with Gasteiger partial charge in [-0.2, -0.15) is 0 Å². The van der Waals surface area contributed by atoms with Crippen molar-refractivity contribution in [3.63, 3.8) is 0 Å². The third-order valence-electron chi connectivity index (χ3n) is 5.69. The summed E-state index contributed by atoms with van der Waals surface area (Å²) >= 11 is 9.44. The van der Waals surface area contributed by atoms with Crippen molar-refractivity contribution in [2.24, 2.45) is 0 Å². The molecule has 0 aliphatic heterocycles. The zero-order valence-electron chi connectivity index (χ0n) is 17.2. The molecular weight excluding hydrogens is 494 g/mol. The van der Waals surface area contributed by atoms with Crippen LogP contribution in [0.15, 0.2) is 71.2 Å². The van der Waals surface area contributed by atoms with Gasteiger partial charge < -0.3 is 20.3 Å². The summed E-state index contributed by atoms with van der Waals surface area (Å²) in [6.45, 7) is 0.374. The normalized spacial score (nSPS) is 14.4. The van der Waals surface area contributed by atoms with Gasteiger partial charge in [-0.15, -0.1) is 0 Å². The summed E-state index contributed by atoms with van der Waals surface area (Å²) < 4.78 is 6.23. The SMILES string of the molecule is O=C(NCCC(O)C(O)c1cc(Br)ccc1Cl)OCC1c2ccccc2-c2ccccc21. The highest BCUT2D eigenvalue weighted by atomic mass is 79.9. The quantitative estimate of drug-likeness (QED) is 0.391. The van der Waals surface area contributed by atoms with Gasteiger partial charge in [0.25, 0.3) is 0 Å². The first-order chi connectivity index (χ1) is 15.5. The van der Waals surface area contributed by atoms with Crippen molar-refractivity contribution in [1.82, 2.24) is 5.32 Å². The van der Waals surface area contributed by atoms with Crippen LogP contribution in [0.2, 0.25) is 5.02 Å². The summed E-state index contributed by atoms with van der Waals surface area (Å²) in [5.41, 5.74) is 5.05. The number of halogens is 2. The number of amides is 1. The lowest BCUT2D eigenvalue weighted by Gasteiger charge is -2.20. The van der Waals surface area contributed by atoms with Gasteiger partial charge in [-0.1, -0.05) is 76.1 Å². The average molecular weight is 517 g/mol. The van der Waals surface area contributed by atoms with Crippen LogP contribution >= 0.6 is 27.5 Å². The van der Waals surface area contributed by atoms with Crippen molar-refractivity contribution in [3.8, 4) is 11.1 Å². The second-order valence-corrected chi connectivity index (χ2v) is 9.04. The molecule has 0 fully saturated rings. The largest absolute Gasteiger partial charge is 0.449 e. The fourth-order valence-electron chi connectivity index (χ4n) is 4.08. The molecule has 0 aromatic heterocycles. The predicted octanol–water partition coefficient (Wildman–Crippen LogP) is 5.43. The van der Waals surface area contributed by atoms with Gasteiger partial charge in [0.05, 0.1) is 6.10 Å². The lowest BCUT2D eigenvalue weighted by atomic mass is 9.98. The highest BCUT2D eigenvalue weighted by molar-refractivity contribution is 9.10. The number of aliphatic hydroxyl groups is 2. The summed E-state index contributed by atoms with van der Waals surface area (Å²) in [7, 11) is 0. The third kappa shape index (κ3) is 4.84. The minimum absolute atomic E-state index is 0.0146. The number of carbonyl (C=O) groups is 1. The highest BCUT2D eigenvalue weighted by Crippen LogP contribution is 2.44. The molecule has 0 saturated carbocycles. The van der Waals surface area contributed by atoms with E-state index in [2.05, 4.69) is 45.5 Å². The molecule has 0 bridgehead atoms. The molecule has 166 valence electrons. The van der Waals surface area contributed by atoms with E-state index in [1.165, 1.54) is 11.1 Å². The van der Waals surface area contributed by atoms with Gasteiger partial charge in [0.1, 0.15) is 12.7 Å². The van der Waals surface area contributed by atoms with Gasteiger partial charge in [0, 0.05) is 27.5 Å². The maximum Gasteiger partial charge on any atom is 0.407 e. The van der Waals surface area contributed by atoms with Crippen molar-refractivity contribution in [2.75, 3.05) is 13.2 Å². The van der Waals surface area contributed by atoms with Gasteiger partial charge in [0.2, 0.25) is 0 Å². The van der Waals surface area contributed by atoms with Gasteiger partial charge >= 0.3 is 6.09 Å². The van der Waals surface area contributed by atoms with Crippen molar-refractivity contribution in [2.45, 2.75) is 24.5 Å². The molecule has 1 aliphatic rings. The van der Waals surface area contributed by atoms with Gasteiger partial charge in [-0.3, -0.25) is 0 Å². The van der Waals surface area contributed by atoms with Crippen LogP contribution in [0, 0.1) is 0 Å². The van der Waals surface area contributed by atoms with Gasteiger partial charge in [-0.25, -0.2) is 4.79 Å². The first-order valence-corrected chi connectivity index (χ1v) is 11.5. The topological polar surface area (TPSA) is 78.8 Å². The minimum atomic E-state index is -1.16. The zero-order valence-corrected chi connectivity index (χ0v) is 19.5. The Kier molecular flexibility index (Phi) is 7.16. The Morgan fingerprint density at radius 3 is 2.31 bits per heavy atom. The summed E-state index contributed by atoms with van der Waals surface area (Å²) in [5.74, 6) is -0.0146. The van der Waals surface area contributed by atoms with Crippen molar-refractivity contribution >= 4 is 33.6 Å². The van der Waals surface area contributed by atoms with Crippen molar-refractivity contribution in [1.29, 1.82) is 0 Å². The molecule has 7 heteroatoms. The number of hydrogen-bond donors (Lipinski definition) is 3. The van der Waals surface area contributed by atoms with Crippen LogP contribution in [-0.4, -0.2) is 35.6 Å². The second-order valence-electron chi connectivity index (χ2n) is 7.72. The second kappa shape index (κ2) is 10.0. The Bertz CT molecular complexity index is 1080. The van der Waals surface area contributed by atoms with Crippen LogP contribution in [0.25, 0.3) is 11.1 Å². The third-order valence-corrected chi connectivity index (χ3v) is 6.53. The van der Waals surface area contributed by atoms with Crippen LogP contribution in [0.4, 0.5) is 4.79 Å². The summed E-state index contributed by atoms with van der Waals surface area (Å²) in [6, 6.07) is 21.3. The monoisotopic (exact) mass is 515 g/mol. The summed E-state index contributed by atoms with van der Waals surface area (Å²) in [4.78, 5) is 12.2. The Morgan fingerprint density at radius 1 is 1.03 bits per heavy atom.